The lowest BCUT2D eigenvalue weighted by Gasteiger charge is -2.39. The third-order valence-corrected chi connectivity index (χ3v) is 8.56. The van der Waals surface area contributed by atoms with Crippen LogP contribution in [0.4, 0.5) is 21.1 Å². The van der Waals surface area contributed by atoms with Crippen LogP contribution in [0.15, 0.2) is 12.4 Å². The molecule has 15 heteroatoms. The van der Waals surface area contributed by atoms with Gasteiger partial charge in [-0.05, 0) is 54.5 Å². The second kappa shape index (κ2) is 12.3. The van der Waals surface area contributed by atoms with Crippen LogP contribution in [0, 0.1) is 6.92 Å². The lowest BCUT2D eigenvalue weighted by atomic mass is 9.95. The van der Waals surface area contributed by atoms with Crippen molar-refractivity contribution >= 4 is 45.1 Å². The topological polar surface area (TPSA) is 153 Å². The number of anilines is 2. The van der Waals surface area contributed by atoms with Crippen molar-refractivity contribution in [3.8, 4) is 5.75 Å². The number of hydrogen-bond acceptors (Lipinski definition) is 11. The number of ether oxygens (including phenoxy) is 3. The number of aromatic nitrogens is 3. The summed E-state index contributed by atoms with van der Waals surface area (Å²) >= 11 is 6.46. The first-order chi connectivity index (χ1) is 19.9. The number of pyridine rings is 1. The highest BCUT2D eigenvalue weighted by molar-refractivity contribution is 7.91. The van der Waals surface area contributed by atoms with Gasteiger partial charge in [-0.25, -0.2) is 28.0 Å². The number of sulfone groups is 1. The molecule has 0 spiro atoms. The number of halogens is 1. The molecule has 2 aliphatic heterocycles. The van der Waals surface area contributed by atoms with E-state index in [0.717, 1.165) is 0 Å². The highest BCUT2D eigenvalue weighted by Crippen LogP contribution is 2.36. The number of hydrogen-bond donors (Lipinski definition) is 1. The molecule has 2 aromatic rings. The number of rotatable bonds is 6. The summed E-state index contributed by atoms with van der Waals surface area (Å²) in [4.78, 5) is 41.9. The molecule has 2 amide bonds. The van der Waals surface area contributed by atoms with Crippen LogP contribution in [0.25, 0.3) is 0 Å². The van der Waals surface area contributed by atoms with Gasteiger partial charge in [-0.3, -0.25) is 10.3 Å². The van der Waals surface area contributed by atoms with Crippen LogP contribution in [0.3, 0.4) is 0 Å². The van der Waals surface area contributed by atoms with Gasteiger partial charge >= 0.3 is 12.2 Å². The maximum Gasteiger partial charge on any atom is 0.412 e. The quantitative estimate of drug-likeness (QED) is 0.450. The number of carbonyl (C=O) groups is 2. The maximum atomic E-state index is 12.8. The van der Waals surface area contributed by atoms with E-state index < -0.39 is 33.2 Å². The Kier molecular flexibility index (Phi) is 9.31. The lowest BCUT2D eigenvalue weighted by Crippen LogP contribution is -2.50. The van der Waals surface area contributed by atoms with Gasteiger partial charge in [-0.15, -0.1) is 0 Å². The average molecular weight is 639 g/mol. The number of nitrogens with one attached hydrogen (secondary N) is 1. The summed E-state index contributed by atoms with van der Waals surface area (Å²) in [6.45, 7) is 13.8. The van der Waals surface area contributed by atoms with E-state index in [-0.39, 0.29) is 42.3 Å². The summed E-state index contributed by atoms with van der Waals surface area (Å²) in [5.74, 6) is 0.727. The standard InChI is InChI=1S/C28H39ClN6O7S/c1-17-22(40-15-19-23(29)30-16-31-24(19)34-8-10-43(38,39)11-9-34)21(33-25(36)41-27(2,3)4)12-20(32-17)18-13-35(14-18)26(37)42-28(5,6)7/h12,16,18H,8-11,13-15H2,1-7H3,(H,32,33,36). The zero-order valence-electron chi connectivity index (χ0n) is 25.6. The third-order valence-electron chi connectivity index (χ3n) is 6.62. The van der Waals surface area contributed by atoms with Gasteiger partial charge in [0.2, 0.25) is 0 Å². The molecule has 0 bridgehead atoms. The molecule has 2 saturated heterocycles. The van der Waals surface area contributed by atoms with E-state index in [1.165, 1.54) is 6.33 Å². The summed E-state index contributed by atoms with van der Waals surface area (Å²) in [5.41, 5.74) is 0.653. The van der Waals surface area contributed by atoms with Gasteiger partial charge < -0.3 is 24.0 Å². The number of nitrogens with zero attached hydrogens (tertiary/aromatic N) is 5. The van der Waals surface area contributed by atoms with Crippen LogP contribution in [0.2, 0.25) is 5.15 Å². The van der Waals surface area contributed by atoms with Gasteiger partial charge in [0.15, 0.2) is 15.6 Å². The second-order valence-electron chi connectivity index (χ2n) is 12.6. The monoisotopic (exact) mass is 638 g/mol. The molecule has 0 aromatic carbocycles. The molecule has 0 atom stereocenters. The highest BCUT2D eigenvalue weighted by Gasteiger charge is 2.36. The molecule has 4 heterocycles. The fourth-order valence-electron chi connectivity index (χ4n) is 4.57. The molecule has 0 aliphatic carbocycles. The van der Waals surface area contributed by atoms with Gasteiger partial charge in [-0.2, -0.15) is 0 Å². The van der Waals surface area contributed by atoms with Crippen molar-refractivity contribution in [1.29, 1.82) is 0 Å². The molecule has 1 N–H and O–H groups in total. The predicted octanol–water partition coefficient (Wildman–Crippen LogP) is 4.33. The summed E-state index contributed by atoms with van der Waals surface area (Å²) < 4.78 is 41.1. The molecule has 4 rings (SSSR count). The smallest absolute Gasteiger partial charge is 0.412 e. The van der Waals surface area contributed by atoms with E-state index in [4.69, 9.17) is 30.8 Å². The number of carbonyl (C=O) groups excluding carboxylic acids is 2. The van der Waals surface area contributed by atoms with Crippen LogP contribution < -0.4 is 15.0 Å². The molecule has 2 fully saturated rings. The van der Waals surface area contributed by atoms with Gasteiger partial charge in [0, 0.05) is 37.8 Å². The molecule has 2 aliphatic rings. The number of aryl methyl sites for hydroxylation is 1. The SMILES string of the molecule is Cc1nc(C2CN(C(=O)OC(C)(C)C)C2)cc(NC(=O)OC(C)(C)C)c1OCc1c(Cl)ncnc1N1CCS(=O)(=O)CC1. The predicted molar refractivity (Wildman–Crippen MR) is 162 cm³/mol. The van der Waals surface area contributed by atoms with Gasteiger partial charge in [-0.1, -0.05) is 11.6 Å². The van der Waals surface area contributed by atoms with Crippen LogP contribution in [0.5, 0.6) is 5.75 Å². The first-order valence-corrected chi connectivity index (χ1v) is 16.2. The molecule has 236 valence electrons. The van der Waals surface area contributed by atoms with Crippen LogP contribution in [-0.4, -0.2) is 89.3 Å². The largest absolute Gasteiger partial charge is 0.485 e. The summed E-state index contributed by atoms with van der Waals surface area (Å²) in [5, 5.41) is 2.95. The Morgan fingerprint density at radius 2 is 1.67 bits per heavy atom. The van der Waals surface area contributed by atoms with Crippen LogP contribution >= 0.6 is 11.6 Å². The first kappa shape index (κ1) is 32.5. The van der Waals surface area contributed by atoms with Gasteiger partial charge in [0.05, 0.1) is 28.5 Å². The second-order valence-corrected chi connectivity index (χ2v) is 15.3. The Labute approximate surface area is 257 Å². The Bertz CT molecular complexity index is 1470. The van der Waals surface area contributed by atoms with E-state index in [9.17, 15) is 18.0 Å². The minimum absolute atomic E-state index is 0.00981. The summed E-state index contributed by atoms with van der Waals surface area (Å²) in [7, 11) is -3.10. The molecule has 2 aromatic heterocycles. The molecule has 0 radical (unpaired) electrons. The van der Waals surface area contributed by atoms with Crippen molar-refractivity contribution in [3.63, 3.8) is 0 Å². The van der Waals surface area contributed by atoms with Crippen LogP contribution in [0.1, 0.15) is 64.4 Å². The normalized spacial score (nSPS) is 17.2. The molecule has 43 heavy (non-hydrogen) atoms. The van der Waals surface area contributed by atoms with Gasteiger partial charge in [0.25, 0.3) is 0 Å². The van der Waals surface area contributed by atoms with E-state index >= 15 is 0 Å². The lowest BCUT2D eigenvalue weighted by molar-refractivity contribution is 0.00785. The fraction of sp³-hybridized carbons (Fsp3) is 0.607. The number of amides is 2. The molecule has 0 saturated carbocycles. The first-order valence-electron chi connectivity index (χ1n) is 14.0. The highest BCUT2D eigenvalue weighted by atomic mass is 35.5. The Morgan fingerprint density at radius 3 is 2.28 bits per heavy atom. The Morgan fingerprint density at radius 1 is 1.05 bits per heavy atom. The fourth-order valence-corrected chi connectivity index (χ4v) is 5.96. The van der Waals surface area contributed by atoms with E-state index in [1.54, 1.807) is 38.7 Å². The molecule has 0 unspecified atom stereocenters. The van der Waals surface area contributed by atoms with Crippen molar-refractivity contribution in [2.75, 3.05) is 47.9 Å². The summed E-state index contributed by atoms with van der Waals surface area (Å²) in [6, 6.07) is 1.71. The van der Waals surface area contributed by atoms with Crippen molar-refractivity contribution in [1.82, 2.24) is 19.9 Å². The Hall–Kier alpha value is -3.39. The molecule has 13 nitrogen and oxygen atoms in total. The van der Waals surface area contributed by atoms with E-state index in [0.29, 0.717) is 47.3 Å². The minimum atomic E-state index is -3.10. The minimum Gasteiger partial charge on any atom is -0.485 e. The zero-order chi connectivity index (χ0) is 31.7. The van der Waals surface area contributed by atoms with Crippen molar-refractivity contribution in [2.45, 2.75) is 72.2 Å². The summed E-state index contributed by atoms with van der Waals surface area (Å²) in [6.07, 6.45) is 0.256. The molecular weight excluding hydrogens is 600 g/mol. The van der Waals surface area contributed by atoms with E-state index in [1.807, 2.05) is 25.7 Å². The van der Waals surface area contributed by atoms with Gasteiger partial charge in [0.1, 0.15) is 35.1 Å². The van der Waals surface area contributed by atoms with Crippen molar-refractivity contribution in [3.05, 3.63) is 34.5 Å². The Balaban J connectivity index is 1.58. The molecular formula is C28H39ClN6O7S. The third kappa shape index (κ3) is 8.59. The maximum absolute atomic E-state index is 12.8. The van der Waals surface area contributed by atoms with Crippen LogP contribution in [-0.2, 0) is 25.9 Å². The van der Waals surface area contributed by atoms with Crippen molar-refractivity contribution < 1.29 is 32.2 Å². The van der Waals surface area contributed by atoms with Crippen molar-refractivity contribution in [2.24, 2.45) is 0 Å². The zero-order valence-corrected chi connectivity index (χ0v) is 27.1. The average Bonchev–Trinajstić information content (AvgIpc) is 2.81. The van der Waals surface area contributed by atoms with E-state index in [2.05, 4.69) is 15.3 Å². The number of likely N-dealkylation sites (tertiary alicyclic amines) is 1.